The Morgan fingerprint density at radius 3 is 2.59 bits per heavy atom. The Balaban J connectivity index is 2.91. The predicted octanol–water partition coefficient (Wildman–Crippen LogP) is 0.230. The molecule has 96 valence electrons. The Kier molecular flexibility index (Phi) is 3.83. The number of carbonyl (C=O) groups excluding carboxylic acids is 1. The minimum Gasteiger partial charge on any atom is -0.455 e. The smallest absolute Gasteiger partial charge is 0.287 e. The summed E-state index contributed by atoms with van der Waals surface area (Å²) in [5, 5.41) is 6.73. The van der Waals surface area contributed by atoms with Crippen molar-refractivity contribution in [1.82, 2.24) is 5.32 Å². The molecule has 0 saturated heterocycles. The fourth-order valence-corrected chi connectivity index (χ4v) is 1.83. The van der Waals surface area contributed by atoms with Gasteiger partial charge in [-0.15, -0.1) is 0 Å². The van der Waals surface area contributed by atoms with Crippen molar-refractivity contribution in [2.45, 2.75) is 18.2 Å². The van der Waals surface area contributed by atoms with E-state index < -0.39 is 28.9 Å². The molecule has 3 N–H and O–H groups in total. The van der Waals surface area contributed by atoms with Gasteiger partial charge in [0.05, 0.1) is 6.54 Å². The minimum absolute atomic E-state index is 0.0744. The third kappa shape index (κ3) is 3.49. The molecule has 0 saturated carbocycles. The fourth-order valence-electron chi connectivity index (χ4n) is 1.12. The lowest BCUT2D eigenvalue weighted by Gasteiger charge is -2.00. The van der Waals surface area contributed by atoms with Crippen LogP contribution in [-0.4, -0.2) is 27.3 Å². The van der Waals surface area contributed by atoms with Gasteiger partial charge in [0, 0.05) is 6.07 Å². The van der Waals surface area contributed by atoms with Gasteiger partial charge in [-0.2, -0.15) is 0 Å². The highest BCUT2D eigenvalue weighted by Crippen LogP contribution is 2.18. The number of sulfonamides is 1. The van der Waals surface area contributed by atoms with Crippen molar-refractivity contribution in [2.75, 3.05) is 6.54 Å². The zero-order valence-corrected chi connectivity index (χ0v) is 9.55. The largest absolute Gasteiger partial charge is 0.455 e. The standard InChI is InChI=1S/C8H10F2N2O4S/c1-4-6(17(11,14)15)2-5(16-4)8(13)12-3-7(9)10/h2,7H,3H2,1H3,(H,12,13)(H2,11,14,15). The number of aryl methyl sites for hydroxylation is 1. The van der Waals surface area contributed by atoms with Gasteiger partial charge >= 0.3 is 0 Å². The third-order valence-corrected chi connectivity index (χ3v) is 2.84. The van der Waals surface area contributed by atoms with Crippen LogP contribution in [0.25, 0.3) is 0 Å². The summed E-state index contributed by atoms with van der Waals surface area (Å²) in [6, 6.07) is 0.894. The number of carbonyl (C=O) groups is 1. The summed E-state index contributed by atoms with van der Waals surface area (Å²) in [7, 11) is -4.00. The summed E-state index contributed by atoms with van der Waals surface area (Å²) in [6.07, 6.45) is -2.70. The van der Waals surface area contributed by atoms with Crippen LogP contribution in [0.5, 0.6) is 0 Å². The molecule has 1 rings (SSSR count). The second-order valence-corrected chi connectivity index (χ2v) is 4.71. The number of furan rings is 1. The molecule has 0 spiro atoms. The topological polar surface area (TPSA) is 102 Å². The Labute approximate surface area is 95.8 Å². The number of hydrogen-bond acceptors (Lipinski definition) is 4. The van der Waals surface area contributed by atoms with Crippen molar-refractivity contribution in [3.63, 3.8) is 0 Å². The third-order valence-electron chi connectivity index (χ3n) is 1.82. The lowest BCUT2D eigenvalue weighted by molar-refractivity contribution is 0.0864. The number of primary sulfonamides is 1. The van der Waals surface area contributed by atoms with Gasteiger partial charge in [-0.05, 0) is 6.92 Å². The van der Waals surface area contributed by atoms with E-state index in [4.69, 9.17) is 9.56 Å². The first kappa shape index (κ1) is 13.6. The fraction of sp³-hybridized carbons (Fsp3) is 0.375. The zero-order chi connectivity index (χ0) is 13.2. The highest BCUT2D eigenvalue weighted by atomic mass is 32.2. The first-order valence-corrected chi connectivity index (χ1v) is 5.96. The van der Waals surface area contributed by atoms with Crippen molar-refractivity contribution in [3.8, 4) is 0 Å². The molecule has 1 aromatic heterocycles. The Morgan fingerprint density at radius 1 is 1.59 bits per heavy atom. The molecule has 0 radical (unpaired) electrons. The highest BCUT2D eigenvalue weighted by Gasteiger charge is 2.21. The van der Waals surface area contributed by atoms with E-state index in [1.807, 2.05) is 5.32 Å². The minimum atomic E-state index is -4.00. The van der Waals surface area contributed by atoms with Gasteiger partial charge < -0.3 is 9.73 Å². The van der Waals surface area contributed by atoms with Crippen LogP contribution in [0.1, 0.15) is 16.3 Å². The molecule has 0 aliphatic carbocycles. The predicted molar refractivity (Wildman–Crippen MR) is 53.2 cm³/mol. The van der Waals surface area contributed by atoms with E-state index in [9.17, 15) is 22.0 Å². The number of halogens is 2. The van der Waals surface area contributed by atoms with Crippen molar-refractivity contribution in [1.29, 1.82) is 0 Å². The highest BCUT2D eigenvalue weighted by molar-refractivity contribution is 7.89. The molecule has 0 aromatic carbocycles. The van der Waals surface area contributed by atoms with Crippen molar-refractivity contribution < 1.29 is 26.4 Å². The van der Waals surface area contributed by atoms with Gasteiger partial charge in [0.25, 0.3) is 12.3 Å². The van der Waals surface area contributed by atoms with E-state index in [0.717, 1.165) is 6.07 Å². The number of nitrogens with one attached hydrogen (secondary N) is 1. The van der Waals surface area contributed by atoms with Crippen molar-refractivity contribution >= 4 is 15.9 Å². The molecule has 0 unspecified atom stereocenters. The van der Waals surface area contributed by atoms with E-state index >= 15 is 0 Å². The Morgan fingerprint density at radius 2 is 2.18 bits per heavy atom. The van der Waals surface area contributed by atoms with Gasteiger partial charge in [0.1, 0.15) is 10.7 Å². The molecule has 9 heteroatoms. The first-order chi connectivity index (χ1) is 7.71. The molecule has 1 heterocycles. The summed E-state index contributed by atoms with van der Waals surface area (Å²) in [5.74, 6) is -1.38. The van der Waals surface area contributed by atoms with Crippen molar-refractivity contribution in [3.05, 3.63) is 17.6 Å². The van der Waals surface area contributed by atoms with Crippen LogP contribution in [0.3, 0.4) is 0 Å². The van der Waals surface area contributed by atoms with Gasteiger partial charge in [-0.25, -0.2) is 22.3 Å². The number of amides is 1. The molecule has 0 aliphatic rings. The molecule has 1 aromatic rings. The molecule has 1 amide bonds. The summed E-state index contributed by atoms with van der Waals surface area (Å²) >= 11 is 0. The molecule has 0 fully saturated rings. The Hall–Kier alpha value is -1.48. The van der Waals surface area contributed by atoms with E-state index in [1.165, 1.54) is 6.92 Å². The molecule has 17 heavy (non-hydrogen) atoms. The summed E-state index contributed by atoms with van der Waals surface area (Å²) in [6.45, 7) is 0.451. The number of alkyl halides is 2. The van der Waals surface area contributed by atoms with Crippen LogP contribution < -0.4 is 10.5 Å². The second-order valence-electron chi connectivity index (χ2n) is 3.18. The summed E-state index contributed by atoms with van der Waals surface area (Å²) in [4.78, 5) is 10.9. The van der Waals surface area contributed by atoms with Crippen molar-refractivity contribution in [2.24, 2.45) is 5.14 Å². The van der Waals surface area contributed by atoms with Gasteiger partial charge in [0.2, 0.25) is 10.0 Å². The molecule has 0 bridgehead atoms. The maximum Gasteiger partial charge on any atom is 0.287 e. The molecule has 6 nitrogen and oxygen atoms in total. The molecule has 0 atom stereocenters. The van der Waals surface area contributed by atoms with E-state index in [0.29, 0.717) is 0 Å². The van der Waals surface area contributed by atoms with Crippen LogP contribution in [0.15, 0.2) is 15.4 Å². The molecular formula is C8H10F2N2O4S. The van der Waals surface area contributed by atoms with E-state index in [-0.39, 0.29) is 16.4 Å². The van der Waals surface area contributed by atoms with Gasteiger partial charge in [-0.3, -0.25) is 4.79 Å². The molecule has 0 aliphatic heterocycles. The first-order valence-electron chi connectivity index (χ1n) is 4.41. The van der Waals surface area contributed by atoms with Crippen LogP contribution in [-0.2, 0) is 10.0 Å². The lowest BCUT2D eigenvalue weighted by atomic mass is 10.4. The lowest BCUT2D eigenvalue weighted by Crippen LogP contribution is -2.28. The number of rotatable bonds is 4. The molecular weight excluding hydrogens is 258 g/mol. The van der Waals surface area contributed by atoms with Gasteiger partial charge in [-0.1, -0.05) is 0 Å². The maximum absolute atomic E-state index is 11.8. The summed E-state index contributed by atoms with van der Waals surface area (Å²) in [5.41, 5.74) is 0. The monoisotopic (exact) mass is 268 g/mol. The van der Waals surface area contributed by atoms with E-state index in [1.54, 1.807) is 0 Å². The van der Waals surface area contributed by atoms with Crippen LogP contribution >= 0.6 is 0 Å². The second kappa shape index (κ2) is 4.80. The van der Waals surface area contributed by atoms with Gasteiger partial charge in [0.15, 0.2) is 5.76 Å². The number of hydrogen-bond donors (Lipinski definition) is 2. The maximum atomic E-state index is 11.8. The average Bonchev–Trinajstić information content (AvgIpc) is 2.56. The SMILES string of the molecule is Cc1oc(C(=O)NCC(F)F)cc1S(N)(=O)=O. The Bertz CT molecular complexity index is 524. The van der Waals surface area contributed by atoms with Crippen LogP contribution in [0, 0.1) is 6.92 Å². The van der Waals surface area contributed by atoms with Crippen LogP contribution in [0.2, 0.25) is 0 Å². The quantitative estimate of drug-likeness (QED) is 0.815. The zero-order valence-electron chi connectivity index (χ0n) is 8.74. The van der Waals surface area contributed by atoms with Crippen LogP contribution in [0.4, 0.5) is 8.78 Å². The average molecular weight is 268 g/mol. The normalized spacial score (nSPS) is 11.8. The number of nitrogens with two attached hydrogens (primary N) is 1. The van der Waals surface area contributed by atoms with E-state index in [2.05, 4.69) is 0 Å². The summed E-state index contributed by atoms with van der Waals surface area (Å²) < 4.78 is 50.5.